The average molecular weight is 607 g/mol. The fraction of sp³-hybridized carbons (Fsp3) is 0.833. The molecule has 43 heavy (non-hydrogen) atoms. The smallest absolute Gasteiger partial charge is 0.334 e. The van der Waals surface area contributed by atoms with Crippen LogP contribution in [-0.2, 0) is 47.5 Å². The molecule has 3 aliphatic carbocycles. The zero-order chi connectivity index (χ0) is 30.3. The number of aliphatic hydroxyl groups excluding tert-OH is 3. The second-order valence-electron chi connectivity index (χ2n) is 14.0. The van der Waals surface area contributed by atoms with E-state index in [0.717, 1.165) is 17.6 Å². The van der Waals surface area contributed by atoms with Crippen molar-refractivity contribution in [3.8, 4) is 0 Å². The topological polar surface area (TPSA) is 186 Å². The average Bonchev–Trinajstić information content (AvgIpc) is 3.89. The van der Waals surface area contributed by atoms with Crippen molar-refractivity contribution in [2.75, 3.05) is 19.8 Å². The van der Waals surface area contributed by atoms with Gasteiger partial charge in [0.15, 0.2) is 11.7 Å². The van der Waals surface area contributed by atoms with E-state index in [9.17, 15) is 29.7 Å². The molecule has 13 atom stereocenters. The van der Waals surface area contributed by atoms with Gasteiger partial charge in [0, 0.05) is 11.0 Å². The first kappa shape index (κ1) is 28.4. The van der Waals surface area contributed by atoms with Crippen LogP contribution < -0.4 is 0 Å². The number of hydrogen-bond acceptors (Lipinski definition) is 13. The van der Waals surface area contributed by atoms with Crippen LogP contribution in [0.5, 0.6) is 0 Å². The van der Waals surface area contributed by atoms with Crippen molar-refractivity contribution >= 4 is 17.9 Å². The maximum Gasteiger partial charge on any atom is 0.334 e. The highest BCUT2D eigenvalue weighted by Gasteiger charge is 3.01. The maximum absolute atomic E-state index is 13.3. The molecule has 3 N–H and O–H groups in total. The minimum atomic E-state index is -1.41. The zero-order valence-electron chi connectivity index (χ0n) is 24.4. The molecule has 2 spiro atoms. The van der Waals surface area contributed by atoms with Crippen molar-refractivity contribution in [1.82, 2.24) is 0 Å². The summed E-state index contributed by atoms with van der Waals surface area (Å²) in [6.07, 6.45) is -4.96. The molecular weight excluding hydrogens is 568 g/mol. The number of fused-ring (bicyclic) bond motifs is 4. The Morgan fingerprint density at radius 2 is 1.81 bits per heavy atom. The molecule has 236 valence electrons. The Balaban J connectivity index is 0.981. The predicted molar refractivity (Wildman–Crippen MR) is 139 cm³/mol. The van der Waals surface area contributed by atoms with E-state index in [1.807, 2.05) is 13.8 Å². The van der Waals surface area contributed by atoms with Gasteiger partial charge in [-0.25, -0.2) is 4.79 Å². The van der Waals surface area contributed by atoms with E-state index in [4.69, 9.17) is 33.2 Å². The van der Waals surface area contributed by atoms with Gasteiger partial charge in [0.25, 0.3) is 0 Å². The van der Waals surface area contributed by atoms with Crippen LogP contribution in [0.4, 0.5) is 0 Å². The molecule has 6 fully saturated rings. The van der Waals surface area contributed by atoms with Crippen LogP contribution in [0, 0.1) is 17.3 Å². The lowest BCUT2D eigenvalue weighted by Gasteiger charge is -2.53. The van der Waals surface area contributed by atoms with Crippen LogP contribution in [0.15, 0.2) is 11.1 Å². The molecule has 8 rings (SSSR count). The molecule has 3 unspecified atom stereocenters. The number of hydrogen-bond donors (Lipinski definition) is 3. The Morgan fingerprint density at radius 3 is 2.58 bits per heavy atom. The summed E-state index contributed by atoms with van der Waals surface area (Å²) in [7, 11) is 0. The number of cyclic esters (lactones) is 1. The van der Waals surface area contributed by atoms with Crippen molar-refractivity contribution in [1.29, 1.82) is 0 Å². The Kier molecular flexibility index (Phi) is 5.93. The van der Waals surface area contributed by atoms with Crippen LogP contribution >= 0.6 is 0 Å². The third-order valence-electron chi connectivity index (χ3n) is 11.9. The van der Waals surface area contributed by atoms with Gasteiger partial charge in [0.05, 0.1) is 25.6 Å². The van der Waals surface area contributed by atoms with Gasteiger partial charge >= 0.3 is 17.9 Å². The largest absolute Gasteiger partial charge is 0.463 e. The molecule has 13 heteroatoms. The number of ether oxygens (including phenoxy) is 7. The molecule has 0 radical (unpaired) electrons. The fourth-order valence-electron chi connectivity index (χ4n) is 9.50. The molecule has 0 aromatic carbocycles. The summed E-state index contributed by atoms with van der Waals surface area (Å²) in [4.78, 5) is 38.2. The van der Waals surface area contributed by atoms with Gasteiger partial charge in [0.2, 0.25) is 0 Å². The molecule has 2 saturated carbocycles. The van der Waals surface area contributed by atoms with Crippen molar-refractivity contribution in [3.05, 3.63) is 11.1 Å². The summed E-state index contributed by atoms with van der Waals surface area (Å²) in [6.45, 7) is 6.04. The lowest BCUT2D eigenvalue weighted by molar-refractivity contribution is -0.201. The van der Waals surface area contributed by atoms with Gasteiger partial charge in [-0.15, -0.1) is 0 Å². The van der Waals surface area contributed by atoms with Gasteiger partial charge < -0.3 is 48.5 Å². The quantitative estimate of drug-likeness (QED) is 0.191. The number of epoxide rings is 3. The molecule has 8 aliphatic rings. The monoisotopic (exact) mass is 606 g/mol. The van der Waals surface area contributed by atoms with E-state index in [0.29, 0.717) is 19.4 Å². The molecule has 4 saturated heterocycles. The Labute approximate surface area is 247 Å². The summed E-state index contributed by atoms with van der Waals surface area (Å²) >= 11 is 0. The number of aliphatic hydroxyl groups is 3. The van der Waals surface area contributed by atoms with Gasteiger partial charge in [-0.05, 0) is 36.7 Å². The summed E-state index contributed by atoms with van der Waals surface area (Å²) < 4.78 is 41.8. The van der Waals surface area contributed by atoms with Crippen LogP contribution in [0.1, 0.15) is 52.9 Å². The third-order valence-corrected chi connectivity index (χ3v) is 11.9. The second kappa shape index (κ2) is 8.99. The number of rotatable bonds is 7. The predicted octanol–water partition coefficient (Wildman–Crippen LogP) is -0.541. The highest BCUT2D eigenvalue weighted by molar-refractivity contribution is 5.92. The van der Waals surface area contributed by atoms with E-state index in [1.54, 1.807) is 0 Å². The molecular formula is C30H38O13. The maximum atomic E-state index is 13.3. The van der Waals surface area contributed by atoms with Crippen LogP contribution in [0.25, 0.3) is 0 Å². The molecule has 0 aromatic heterocycles. The van der Waals surface area contributed by atoms with Crippen LogP contribution in [0.3, 0.4) is 0 Å². The SMILES string of the molecule is CC(C)[C@]12O[C@H]1[C@@H]1O[C@]13[C@]1(O[C@H]1C[C@H]1C4=C(CC[C@@]13C)C(=O)OC4)[C@@H]2OC(=O)CCC(=O)OCC1OCC(O)C(O)[C@@H]1O. The standard InChI is InChI=1S/C30H38O13/c1-12(2)28-23(42-28)24-30(43-24)27(3)7-6-13-14(9-39-25(13)36)15(27)8-18-29(30,41-18)26(28)40-20(33)5-4-19(32)38-11-17-22(35)21(34)16(31)10-37-17/h12,15-18,21-24,26,31,34-35H,4-11H2,1-3H3/t15-,16?,17?,18-,21?,22+,23-,24-,26+,27-,28-,29+,30+/m0/s1. The Bertz CT molecular complexity index is 1310. The van der Waals surface area contributed by atoms with Gasteiger partial charge in [-0.1, -0.05) is 20.8 Å². The van der Waals surface area contributed by atoms with Crippen LogP contribution in [0.2, 0.25) is 0 Å². The van der Waals surface area contributed by atoms with E-state index in [2.05, 4.69) is 6.92 Å². The highest BCUT2D eigenvalue weighted by Crippen LogP contribution is 2.83. The summed E-state index contributed by atoms with van der Waals surface area (Å²) in [6, 6.07) is 0. The molecule has 0 amide bonds. The molecule has 0 bridgehead atoms. The number of esters is 3. The molecule has 5 heterocycles. The van der Waals surface area contributed by atoms with Crippen LogP contribution in [-0.4, -0.2) is 119 Å². The van der Waals surface area contributed by atoms with E-state index >= 15 is 0 Å². The first-order chi connectivity index (χ1) is 20.4. The van der Waals surface area contributed by atoms with Crippen molar-refractivity contribution in [3.63, 3.8) is 0 Å². The normalized spacial score (nSPS) is 51.6. The van der Waals surface area contributed by atoms with Crippen molar-refractivity contribution < 1.29 is 62.9 Å². The lowest BCUT2D eigenvalue weighted by atomic mass is 9.46. The highest BCUT2D eigenvalue weighted by atomic mass is 16.8. The lowest BCUT2D eigenvalue weighted by Crippen LogP contribution is -2.70. The summed E-state index contributed by atoms with van der Waals surface area (Å²) in [5.41, 5.74) is -0.890. The van der Waals surface area contributed by atoms with Gasteiger partial charge in [-0.3, -0.25) is 9.59 Å². The molecule has 5 aliphatic heterocycles. The van der Waals surface area contributed by atoms with E-state index < -0.39 is 59.3 Å². The minimum Gasteiger partial charge on any atom is -0.463 e. The van der Waals surface area contributed by atoms with Gasteiger partial charge in [-0.2, -0.15) is 0 Å². The summed E-state index contributed by atoms with van der Waals surface area (Å²) in [5.74, 6) is -1.44. The molecule has 13 nitrogen and oxygen atoms in total. The number of carbonyl (C=O) groups is 3. The number of carbonyl (C=O) groups excluding carboxylic acids is 3. The second-order valence-corrected chi connectivity index (χ2v) is 14.0. The first-order valence-electron chi connectivity index (χ1n) is 15.4. The zero-order valence-corrected chi connectivity index (χ0v) is 24.4. The Hall–Kier alpha value is -2.13. The first-order valence-corrected chi connectivity index (χ1v) is 15.4. The summed E-state index contributed by atoms with van der Waals surface area (Å²) in [5, 5.41) is 29.5. The van der Waals surface area contributed by atoms with E-state index in [1.165, 1.54) is 0 Å². The fourth-order valence-corrected chi connectivity index (χ4v) is 9.50. The Morgan fingerprint density at radius 1 is 1.05 bits per heavy atom. The minimum absolute atomic E-state index is 0.00419. The van der Waals surface area contributed by atoms with E-state index in [-0.39, 0.29) is 67.6 Å². The van der Waals surface area contributed by atoms with Crippen molar-refractivity contribution in [2.24, 2.45) is 17.3 Å². The van der Waals surface area contributed by atoms with Gasteiger partial charge in [0.1, 0.15) is 61.0 Å². The third kappa shape index (κ3) is 3.44. The molecule has 0 aromatic rings. The van der Waals surface area contributed by atoms with Crippen molar-refractivity contribution in [2.45, 2.75) is 119 Å².